The lowest BCUT2D eigenvalue weighted by atomic mass is 9.58. The van der Waals surface area contributed by atoms with Gasteiger partial charge in [0.2, 0.25) is 5.91 Å². The fraction of sp³-hybridized carbons (Fsp3) is 0.606. The number of nitrogens with zero attached hydrogens (tertiary/aromatic N) is 2. The molecular weight excluding hydrogens is 504 g/mol. The summed E-state index contributed by atoms with van der Waals surface area (Å²) in [5, 5.41) is 9.29. The van der Waals surface area contributed by atoms with Gasteiger partial charge in [-0.15, -0.1) is 0 Å². The number of carboxylic acid groups (broad SMARTS) is 1. The Morgan fingerprint density at radius 2 is 1.55 bits per heavy atom. The van der Waals surface area contributed by atoms with Gasteiger partial charge in [-0.1, -0.05) is 64.5 Å². The van der Waals surface area contributed by atoms with E-state index in [9.17, 15) is 19.5 Å². The second kappa shape index (κ2) is 10.4. The third kappa shape index (κ3) is 5.44. The Hall–Kier alpha value is -3.09. The highest BCUT2D eigenvalue weighted by Crippen LogP contribution is 2.56. The Morgan fingerprint density at radius 1 is 0.950 bits per heavy atom. The summed E-state index contributed by atoms with van der Waals surface area (Å²) in [6, 6.07) is 7.12. The second-order valence-electron chi connectivity index (χ2n) is 14.0. The van der Waals surface area contributed by atoms with Crippen LogP contribution in [0.5, 0.6) is 0 Å². The van der Waals surface area contributed by atoms with Gasteiger partial charge in [0.15, 0.2) is 0 Å². The molecule has 7 nitrogen and oxygen atoms in total. The first kappa shape index (κ1) is 29.9. The fourth-order valence-corrected chi connectivity index (χ4v) is 7.12. The van der Waals surface area contributed by atoms with Crippen molar-refractivity contribution in [2.45, 2.75) is 80.3 Å². The molecule has 0 aromatic heterocycles. The Morgan fingerprint density at radius 3 is 2.08 bits per heavy atom. The van der Waals surface area contributed by atoms with Crippen molar-refractivity contribution in [3.63, 3.8) is 0 Å². The molecule has 40 heavy (non-hydrogen) atoms. The maximum absolute atomic E-state index is 14.3. The average Bonchev–Trinajstić information content (AvgIpc) is 2.86. The molecule has 0 saturated carbocycles. The zero-order valence-electron chi connectivity index (χ0n) is 25.5. The number of piperidine rings is 1. The first-order valence-electron chi connectivity index (χ1n) is 14.5. The van der Waals surface area contributed by atoms with Gasteiger partial charge in [-0.3, -0.25) is 4.79 Å². The Balaban J connectivity index is 1.53. The van der Waals surface area contributed by atoms with Crippen LogP contribution < -0.4 is 0 Å². The van der Waals surface area contributed by atoms with E-state index in [-0.39, 0.29) is 34.3 Å². The van der Waals surface area contributed by atoms with Crippen LogP contribution in [0, 0.1) is 22.2 Å². The lowest BCUT2D eigenvalue weighted by molar-refractivity contribution is -0.150. The highest BCUT2D eigenvalue weighted by Gasteiger charge is 2.51. The van der Waals surface area contributed by atoms with Gasteiger partial charge in [-0.25, -0.2) is 9.59 Å². The van der Waals surface area contributed by atoms with E-state index in [0.717, 1.165) is 12.0 Å². The van der Waals surface area contributed by atoms with Gasteiger partial charge in [0.05, 0.1) is 11.0 Å². The SMILES string of the molecule is CC(C)C1(C(=O)N2CC=C3C(C)(C)C(c4ccc(C(=O)O)cc4)=CC[C@]3(C)C2)CCN(C(=O)OC(C)(C)C)CC1. The summed E-state index contributed by atoms with van der Waals surface area (Å²) in [5.41, 5.74) is 2.37. The van der Waals surface area contributed by atoms with Crippen LogP contribution in [0.4, 0.5) is 4.79 Å². The van der Waals surface area contributed by atoms with Gasteiger partial charge in [0.1, 0.15) is 5.60 Å². The summed E-state index contributed by atoms with van der Waals surface area (Å²) in [7, 11) is 0. The monoisotopic (exact) mass is 550 g/mol. The largest absolute Gasteiger partial charge is 0.478 e. The molecule has 3 aliphatic rings. The Kier molecular flexibility index (Phi) is 7.76. The van der Waals surface area contributed by atoms with Gasteiger partial charge in [0, 0.05) is 37.0 Å². The van der Waals surface area contributed by atoms with Gasteiger partial charge in [0.25, 0.3) is 0 Å². The van der Waals surface area contributed by atoms with Gasteiger partial charge in [-0.2, -0.15) is 0 Å². The molecule has 1 aromatic rings. The van der Waals surface area contributed by atoms with Gasteiger partial charge >= 0.3 is 12.1 Å². The van der Waals surface area contributed by atoms with Crippen molar-refractivity contribution in [3.8, 4) is 0 Å². The molecule has 1 N–H and O–H groups in total. The summed E-state index contributed by atoms with van der Waals surface area (Å²) in [6.45, 7) is 18.9. The molecule has 2 aliphatic heterocycles. The van der Waals surface area contributed by atoms with E-state index in [1.54, 1.807) is 17.0 Å². The molecule has 2 heterocycles. The minimum atomic E-state index is -0.926. The molecule has 0 radical (unpaired) electrons. The molecule has 1 atom stereocenters. The van der Waals surface area contributed by atoms with Crippen molar-refractivity contribution in [1.29, 1.82) is 0 Å². The molecule has 1 aromatic carbocycles. The summed E-state index contributed by atoms with van der Waals surface area (Å²) < 4.78 is 5.58. The lowest BCUT2D eigenvalue weighted by Crippen LogP contribution is -2.57. The van der Waals surface area contributed by atoms with Crippen LogP contribution in [-0.2, 0) is 9.53 Å². The quantitative estimate of drug-likeness (QED) is 0.424. The zero-order valence-corrected chi connectivity index (χ0v) is 25.5. The number of carboxylic acids is 1. The standard InChI is InChI=1S/C33H46N2O5/c1-22(2)33(16-19-34(20-17-33)29(39)40-30(3,4)5)28(38)35-18-14-26-31(6,7)25(13-15-32(26,8)21-35)23-9-11-24(12-10-23)27(36)37/h9-14,22H,15-21H2,1-8H3,(H,36,37)/t32-/m1/s1. The minimum absolute atomic E-state index is 0.155. The predicted octanol–water partition coefficient (Wildman–Crippen LogP) is 6.65. The van der Waals surface area contributed by atoms with Crippen molar-refractivity contribution >= 4 is 23.5 Å². The molecule has 1 aliphatic carbocycles. The molecular formula is C33H46N2O5. The number of ether oxygens (including phenoxy) is 1. The molecule has 7 heteroatoms. The van der Waals surface area contributed by atoms with E-state index in [2.05, 4.69) is 46.8 Å². The number of carbonyl (C=O) groups is 3. The van der Waals surface area contributed by atoms with Gasteiger partial charge in [-0.05, 0) is 69.2 Å². The summed E-state index contributed by atoms with van der Waals surface area (Å²) >= 11 is 0. The topological polar surface area (TPSA) is 87.2 Å². The van der Waals surface area contributed by atoms with Crippen molar-refractivity contribution < 1.29 is 24.2 Å². The highest BCUT2D eigenvalue weighted by molar-refractivity contribution is 5.88. The number of amides is 2. The number of aromatic carboxylic acids is 1. The third-order valence-electron chi connectivity index (χ3n) is 9.38. The number of rotatable bonds is 4. The highest BCUT2D eigenvalue weighted by atomic mass is 16.6. The fourth-order valence-electron chi connectivity index (χ4n) is 7.12. The van der Waals surface area contributed by atoms with E-state index in [1.165, 1.54) is 11.1 Å². The predicted molar refractivity (Wildman–Crippen MR) is 157 cm³/mol. The van der Waals surface area contributed by atoms with Crippen LogP contribution in [-0.4, -0.2) is 64.7 Å². The van der Waals surface area contributed by atoms with Crippen LogP contribution in [0.2, 0.25) is 0 Å². The van der Waals surface area contributed by atoms with Crippen molar-refractivity contribution in [1.82, 2.24) is 9.80 Å². The lowest BCUT2D eigenvalue weighted by Gasteiger charge is -2.53. The molecule has 4 rings (SSSR count). The number of carbonyl (C=O) groups excluding carboxylic acids is 2. The summed E-state index contributed by atoms with van der Waals surface area (Å²) in [5.74, 6) is -0.577. The molecule has 0 bridgehead atoms. The van der Waals surface area contributed by atoms with Crippen LogP contribution in [0.25, 0.3) is 5.57 Å². The summed E-state index contributed by atoms with van der Waals surface area (Å²) in [6.07, 6.45) is 6.30. The number of fused-ring (bicyclic) bond motifs is 1. The smallest absolute Gasteiger partial charge is 0.410 e. The Bertz CT molecular complexity index is 1230. The minimum Gasteiger partial charge on any atom is -0.478 e. The molecule has 2 amide bonds. The van der Waals surface area contributed by atoms with Crippen LogP contribution in [0.3, 0.4) is 0 Å². The van der Waals surface area contributed by atoms with E-state index in [0.29, 0.717) is 39.0 Å². The van der Waals surface area contributed by atoms with Crippen LogP contribution >= 0.6 is 0 Å². The van der Waals surface area contributed by atoms with E-state index < -0.39 is 17.0 Å². The zero-order chi connectivity index (χ0) is 29.7. The normalized spacial score (nSPS) is 24.1. The maximum atomic E-state index is 14.3. The Labute approximate surface area is 239 Å². The summed E-state index contributed by atoms with van der Waals surface area (Å²) in [4.78, 5) is 42.1. The number of likely N-dealkylation sites (tertiary alicyclic amines) is 1. The van der Waals surface area contributed by atoms with Crippen molar-refractivity contribution in [2.24, 2.45) is 22.2 Å². The number of allylic oxidation sites excluding steroid dienone is 2. The van der Waals surface area contributed by atoms with Gasteiger partial charge < -0.3 is 19.6 Å². The molecule has 1 saturated heterocycles. The van der Waals surface area contributed by atoms with Crippen LogP contribution in [0.1, 0.15) is 90.6 Å². The first-order valence-corrected chi connectivity index (χ1v) is 14.5. The van der Waals surface area contributed by atoms with E-state index in [1.807, 2.05) is 37.8 Å². The number of benzene rings is 1. The van der Waals surface area contributed by atoms with E-state index >= 15 is 0 Å². The second-order valence-corrected chi connectivity index (χ2v) is 14.0. The number of hydrogen-bond donors (Lipinski definition) is 1. The van der Waals surface area contributed by atoms with E-state index in [4.69, 9.17) is 4.74 Å². The molecule has 0 spiro atoms. The van der Waals surface area contributed by atoms with Crippen molar-refractivity contribution in [3.05, 3.63) is 53.1 Å². The van der Waals surface area contributed by atoms with Crippen molar-refractivity contribution in [2.75, 3.05) is 26.2 Å². The third-order valence-corrected chi connectivity index (χ3v) is 9.38. The molecule has 1 fully saturated rings. The number of hydrogen-bond acceptors (Lipinski definition) is 4. The first-order chi connectivity index (χ1) is 18.5. The molecule has 0 unspecified atom stereocenters. The average molecular weight is 551 g/mol. The maximum Gasteiger partial charge on any atom is 0.410 e. The van der Waals surface area contributed by atoms with Crippen LogP contribution in [0.15, 0.2) is 42.0 Å². The molecule has 218 valence electrons.